The van der Waals surface area contributed by atoms with Crippen LogP contribution in [0.4, 0.5) is 11.5 Å². The summed E-state index contributed by atoms with van der Waals surface area (Å²) in [6.07, 6.45) is 0. The van der Waals surface area contributed by atoms with E-state index in [0.717, 1.165) is 41.7 Å². The van der Waals surface area contributed by atoms with Gasteiger partial charge in [0.05, 0.1) is 23.6 Å². The Morgan fingerprint density at radius 1 is 1.29 bits per heavy atom. The number of nitrogens with zero attached hydrogens (tertiary/aromatic N) is 4. The van der Waals surface area contributed by atoms with Crippen LogP contribution in [0.2, 0.25) is 0 Å². The molecule has 0 saturated heterocycles. The Kier molecular flexibility index (Phi) is 4.50. The number of aromatic nitrogens is 3. The number of nitrogen functional groups attached to an aromatic ring is 1. The van der Waals surface area contributed by atoms with Gasteiger partial charge in [0.15, 0.2) is 5.82 Å². The molecule has 21 heavy (non-hydrogen) atoms. The summed E-state index contributed by atoms with van der Waals surface area (Å²) in [4.78, 5) is 6.82. The molecule has 0 aliphatic carbocycles. The van der Waals surface area contributed by atoms with E-state index in [1.807, 2.05) is 30.7 Å². The van der Waals surface area contributed by atoms with Gasteiger partial charge in [0.2, 0.25) is 0 Å². The van der Waals surface area contributed by atoms with Gasteiger partial charge in [-0.1, -0.05) is 6.07 Å². The van der Waals surface area contributed by atoms with E-state index in [4.69, 9.17) is 5.73 Å². The molecule has 2 heterocycles. The third kappa shape index (κ3) is 3.17. The molecule has 2 aromatic heterocycles. The molecular weight excluding hydrogens is 262 g/mol. The molecule has 0 fully saturated rings. The molecule has 0 aliphatic heterocycles. The first-order valence-corrected chi connectivity index (χ1v) is 7.46. The van der Waals surface area contributed by atoms with Gasteiger partial charge in [-0.3, -0.25) is 4.98 Å². The molecule has 0 bridgehead atoms. The van der Waals surface area contributed by atoms with Crippen LogP contribution in [0, 0.1) is 13.8 Å². The molecular formula is C16H25N5. The van der Waals surface area contributed by atoms with Crippen molar-refractivity contribution in [2.45, 2.75) is 47.2 Å². The fourth-order valence-corrected chi connectivity index (χ4v) is 2.44. The average molecular weight is 287 g/mol. The molecule has 0 aromatic carbocycles. The second-order valence-electron chi connectivity index (χ2n) is 5.65. The summed E-state index contributed by atoms with van der Waals surface area (Å²) in [6.45, 7) is 11.9. The van der Waals surface area contributed by atoms with Gasteiger partial charge in [0.25, 0.3) is 0 Å². The lowest BCUT2D eigenvalue weighted by Gasteiger charge is -2.25. The van der Waals surface area contributed by atoms with Crippen LogP contribution < -0.4 is 10.6 Å². The lowest BCUT2D eigenvalue weighted by molar-refractivity contribution is 0.521. The van der Waals surface area contributed by atoms with E-state index in [2.05, 4.69) is 41.8 Å². The molecule has 0 atom stereocenters. The van der Waals surface area contributed by atoms with Gasteiger partial charge in [0.1, 0.15) is 0 Å². The summed E-state index contributed by atoms with van der Waals surface area (Å²) in [6, 6.07) is 6.38. The zero-order valence-electron chi connectivity index (χ0n) is 13.6. The van der Waals surface area contributed by atoms with Gasteiger partial charge >= 0.3 is 0 Å². The SMILES string of the molecule is CCN(Cc1cccc(C)n1)c1c(N)c(C)nn1C(C)C. The highest BCUT2D eigenvalue weighted by molar-refractivity contribution is 5.66. The summed E-state index contributed by atoms with van der Waals surface area (Å²) in [5.74, 6) is 0.994. The monoisotopic (exact) mass is 287 g/mol. The summed E-state index contributed by atoms with van der Waals surface area (Å²) in [7, 11) is 0. The number of pyridine rings is 1. The Bertz CT molecular complexity index is 615. The van der Waals surface area contributed by atoms with E-state index in [0.29, 0.717) is 0 Å². The van der Waals surface area contributed by atoms with E-state index >= 15 is 0 Å². The van der Waals surface area contributed by atoms with Crippen molar-refractivity contribution in [3.8, 4) is 0 Å². The predicted octanol–water partition coefficient (Wildman–Crippen LogP) is 3.08. The zero-order valence-corrected chi connectivity index (χ0v) is 13.6. The minimum Gasteiger partial charge on any atom is -0.394 e. The third-order valence-electron chi connectivity index (χ3n) is 3.57. The van der Waals surface area contributed by atoms with Gasteiger partial charge in [0, 0.05) is 18.3 Å². The molecule has 0 spiro atoms. The Morgan fingerprint density at radius 2 is 2.00 bits per heavy atom. The number of rotatable bonds is 5. The Balaban J connectivity index is 2.38. The summed E-state index contributed by atoms with van der Waals surface area (Å²) in [5, 5.41) is 4.57. The van der Waals surface area contributed by atoms with Gasteiger partial charge in [-0.2, -0.15) is 5.10 Å². The van der Waals surface area contributed by atoms with Gasteiger partial charge in [-0.25, -0.2) is 4.68 Å². The number of anilines is 2. The van der Waals surface area contributed by atoms with E-state index in [-0.39, 0.29) is 6.04 Å². The maximum atomic E-state index is 6.26. The van der Waals surface area contributed by atoms with Crippen LogP contribution in [0.3, 0.4) is 0 Å². The number of hydrogen-bond acceptors (Lipinski definition) is 4. The van der Waals surface area contributed by atoms with Gasteiger partial charge < -0.3 is 10.6 Å². The number of nitrogens with two attached hydrogens (primary N) is 1. The lowest BCUT2D eigenvalue weighted by atomic mass is 10.2. The molecule has 0 unspecified atom stereocenters. The molecule has 0 radical (unpaired) electrons. The first kappa shape index (κ1) is 15.4. The third-order valence-corrected chi connectivity index (χ3v) is 3.57. The van der Waals surface area contributed by atoms with Crippen LogP contribution in [0.1, 0.15) is 43.9 Å². The highest BCUT2D eigenvalue weighted by atomic mass is 15.4. The fraction of sp³-hybridized carbons (Fsp3) is 0.500. The Hall–Kier alpha value is -2.04. The smallest absolute Gasteiger partial charge is 0.151 e. The molecule has 2 N–H and O–H groups in total. The molecule has 2 aromatic rings. The second kappa shape index (κ2) is 6.16. The average Bonchev–Trinajstić information content (AvgIpc) is 2.73. The van der Waals surface area contributed by atoms with E-state index in [9.17, 15) is 0 Å². The fourth-order valence-electron chi connectivity index (χ4n) is 2.44. The highest BCUT2D eigenvalue weighted by Crippen LogP contribution is 2.30. The largest absolute Gasteiger partial charge is 0.394 e. The van der Waals surface area contributed by atoms with Crippen molar-refractivity contribution in [2.75, 3.05) is 17.2 Å². The minimum atomic E-state index is 0.274. The van der Waals surface area contributed by atoms with Gasteiger partial charge in [-0.05, 0) is 46.8 Å². The van der Waals surface area contributed by atoms with Crippen molar-refractivity contribution in [3.63, 3.8) is 0 Å². The topological polar surface area (TPSA) is 60.0 Å². The summed E-state index contributed by atoms with van der Waals surface area (Å²) >= 11 is 0. The molecule has 5 nitrogen and oxygen atoms in total. The predicted molar refractivity (Wildman–Crippen MR) is 87.5 cm³/mol. The Morgan fingerprint density at radius 3 is 2.57 bits per heavy atom. The minimum absolute atomic E-state index is 0.274. The van der Waals surface area contributed by atoms with Crippen molar-refractivity contribution in [3.05, 3.63) is 35.3 Å². The molecule has 0 saturated carbocycles. The van der Waals surface area contributed by atoms with Crippen LogP contribution in [0.15, 0.2) is 18.2 Å². The summed E-state index contributed by atoms with van der Waals surface area (Å²) in [5.41, 5.74) is 9.98. The standard InChI is InChI=1S/C16H25N5/c1-6-20(10-14-9-7-8-12(4)18-14)16-15(17)13(5)19-21(16)11(2)3/h7-9,11H,6,10,17H2,1-5H3. The highest BCUT2D eigenvalue weighted by Gasteiger charge is 2.20. The van der Waals surface area contributed by atoms with Crippen molar-refractivity contribution in [2.24, 2.45) is 0 Å². The van der Waals surface area contributed by atoms with Crippen LogP contribution in [-0.4, -0.2) is 21.3 Å². The van der Waals surface area contributed by atoms with Crippen LogP contribution >= 0.6 is 0 Å². The van der Waals surface area contributed by atoms with Crippen LogP contribution in [0.5, 0.6) is 0 Å². The first-order chi connectivity index (χ1) is 9.93. The number of hydrogen-bond donors (Lipinski definition) is 1. The van der Waals surface area contributed by atoms with E-state index in [1.54, 1.807) is 0 Å². The van der Waals surface area contributed by atoms with Crippen LogP contribution in [0.25, 0.3) is 0 Å². The van der Waals surface area contributed by atoms with Crippen molar-refractivity contribution in [1.29, 1.82) is 0 Å². The van der Waals surface area contributed by atoms with Crippen molar-refractivity contribution < 1.29 is 0 Å². The van der Waals surface area contributed by atoms with E-state index < -0.39 is 0 Å². The Labute approximate surface area is 126 Å². The second-order valence-corrected chi connectivity index (χ2v) is 5.65. The zero-order chi connectivity index (χ0) is 15.6. The quantitative estimate of drug-likeness (QED) is 0.918. The molecule has 5 heteroatoms. The maximum absolute atomic E-state index is 6.26. The molecule has 0 amide bonds. The maximum Gasteiger partial charge on any atom is 0.151 e. The molecule has 2 rings (SSSR count). The first-order valence-electron chi connectivity index (χ1n) is 7.46. The summed E-state index contributed by atoms with van der Waals surface area (Å²) < 4.78 is 2.00. The van der Waals surface area contributed by atoms with Gasteiger partial charge in [-0.15, -0.1) is 0 Å². The van der Waals surface area contributed by atoms with Crippen LogP contribution in [-0.2, 0) is 6.54 Å². The normalized spacial score (nSPS) is 11.1. The lowest BCUT2D eigenvalue weighted by Crippen LogP contribution is -2.27. The molecule has 114 valence electrons. The van der Waals surface area contributed by atoms with Crippen molar-refractivity contribution in [1.82, 2.24) is 14.8 Å². The van der Waals surface area contributed by atoms with Crippen molar-refractivity contribution >= 4 is 11.5 Å². The molecule has 0 aliphatic rings. The number of aryl methyl sites for hydroxylation is 2. The van der Waals surface area contributed by atoms with E-state index in [1.165, 1.54) is 0 Å².